The predicted molar refractivity (Wildman–Crippen MR) is 137 cm³/mol. The summed E-state index contributed by atoms with van der Waals surface area (Å²) in [7, 11) is 1.75. The molecule has 4 rings (SSSR count). The first-order valence-electron chi connectivity index (χ1n) is 11.9. The summed E-state index contributed by atoms with van der Waals surface area (Å²) in [6, 6.07) is 7.81. The molecule has 34 heavy (non-hydrogen) atoms. The topological polar surface area (TPSA) is 81.6 Å². The Labute approximate surface area is 207 Å². The van der Waals surface area contributed by atoms with E-state index < -0.39 is 0 Å². The minimum atomic E-state index is -0.279. The van der Waals surface area contributed by atoms with Crippen LogP contribution in [0.4, 0.5) is 5.69 Å². The van der Waals surface area contributed by atoms with Crippen molar-refractivity contribution in [3.05, 3.63) is 60.7 Å². The van der Waals surface area contributed by atoms with Gasteiger partial charge in [-0.3, -0.25) is 0 Å². The average molecular weight is 487 g/mol. The van der Waals surface area contributed by atoms with Gasteiger partial charge in [-0.05, 0) is 70.9 Å². The van der Waals surface area contributed by atoms with E-state index in [1.165, 1.54) is 5.57 Å². The van der Waals surface area contributed by atoms with E-state index in [1.807, 2.05) is 24.3 Å². The van der Waals surface area contributed by atoms with Crippen LogP contribution >= 0.6 is 11.8 Å². The number of nitrogen functional groups attached to an aromatic ring is 1. The third-order valence-electron chi connectivity index (χ3n) is 7.14. The van der Waals surface area contributed by atoms with Crippen molar-refractivity contribution >= 4 is 17.4 Å². The highest BCUT2D eigenvalue weighted by Gasteiger charge is 2.72. The molecule has 1 aliphatic carbocycles. The fraction of sp³-hybridized carbons (Fsp3) is 0.556. The first kappa shape index (κ1) is 25.2. The highest BCUT2D eigenvalue weighted by molar-refractivity contribution is 7.99. The van der Waals surface area contributed by atoms with Gasteiger partial charge in [0.25, 0.3) is 0 Å². The number of anilines is 1. The summed E-state index contributed by atoms with van der Waals surface area (Å²) in [5, 5.41) is 3.22. The quantitative estimate of drug-likeness (QED) is 0.149. The van der Waals surface area contributed by atoms with Crippen molar-refractivity contribution in [1.29, 1.82) is 0 Å². The van der Waals surface area contributed by atoms with Gasteiger partial charge >= 0.3 is 0 Å². The summed E-state index contributed by atoms with van der Waals surface area (Å²) in [6.07, 6.45) is 4.83. The van der Waals surface area contributed by atoms with Gasteiger partial charge in [0, 0.05) is 29.1 Å². The Kier molecular flexibility index (Phi) is 7.38. The summed E-state index contributed by atoms with van der Waals surface area (Å²) in [4.78, 5) is 1.13. The number of benzene rings is 1. The Morgan fingerprint density at radius 1 is 1.29 bits per heavy atom. The SMILES string of the molecule is C=C(CSc1ccc(N)cc1)NC(=C)O[C@@H]1CC[C@]2(CO2)C([C@@]2(C)O[C@@H]2CC=C(C)C)[C@@H]1OC. The molecular formula is C27H38N2O4S. The number of hydrogen-bond acceptors (Lipinski definition) is 7. The normalized spacial score (nSPS) is 33.8. The van der Waals surface area contributed by atoms with E-state index in [1.54, 1.807) is 18.9 Å². The highest BCUT2D eigenvalue weighted by atomic mass is 32.2. The molecule has 3 aliphatic rings. The second kappa shape index (κ2) is 9.97. The largest absolute Gasteiger partial charge is 0.473 e. The fourth-order valence-corrected chi connectivity index (χ4v) is 5.99. The van der Waals surface area contributed by atoms with E-state index in [0.717, 1.165) is 42.1 Å². The van der Waals surface area contributed by atoms with Crippen LogP contribution in [0.1, 0.15) is 40.0 Å². The van der Waals surface area contributed by atoms with Gasteiger partial charge in [-0.25, -0.2) is 0 Å². The van der Waals surface area contributed by atoms with E-state index in [9.17, 15) is 0 Å². The monoisotopic (exact) mass is 486 g/mol. The lowest BCUT2D eigenvalue weighted by atomic mass is 9.68. The van der Waals surface area contributed by atoms with Crippen LogP contribution in [0.15, 0.2) is 65.5 Å². The maximum atomic E-state index is 6.30. The van der Waals surface area contributed by atoms with Crippen molar-refractivity contribution in [3.8, 4) is 0 Å². The third kappa shape index (κ3) is 5.48. The Morgan fingerprint density at radius 3 is 2.62 bits per heavy atom. The van der Waals surface area contributed by atoms with Gasteiger partial charge in [-0.2, -0.15) is 0 Å². The summed E-state index contributed by atoms with van der Waals surface area (Å²) in [5.41, 5.74) is 8.21. The minimum Gasteiger partial charge on any atom is -0.473 e. The van der Waals surface area contributed by atoms with Crippen LogP contribution in [0.3, 0.4) is 0 Å². The van der Waals surface area contributed by atoms with Crippen LogP contribution in [0.25, 0.3) is 0 Å². The van der Waals surface area contributed by atoms with Crippen molar-refractivity contribution in [1.82, 2.24) is 5.32 Å². The molecule has 1 aromatic carbocycles. The fourth-order valence-electron chi connectivity index (χ4n) is 5.25. The van der Waals surface area contributed by atoms with Crippen LogP contribution in [-0.4, -0.2) is 49.0 Å². The van der Waals surface area contributed by atoms with Crippen molar-refractivity contribution in [2.45, 2.75) is 74.4 Å². The number of nitrogens with one attached hydrogen (secondary N) is 1. The smallest absolute Gasteiger partial charge is 0.183 e. The molecule has 6 atom stereocenters. The van der Waals surface area contributed by atoms with Gasteiger partial charge in [0.15, 0.2) is 5.88 Å². The molecule has 1 spiro atoms. The molecule has 186 valence electrons. The molecule has 0 amide bonds. The zero-order valence-corrected chi connectivity index (χ0v) is 21.6. The van der Waals surface area contributed by atoms with E-state index in [-0.39, 0.29) is 35.4 Å². The van der Waals surface area contributed by atoms with Crippen molar-refractivity contribution < 1.29 is 18.9 Å². The van der Waals surface area contributed by atoms with E-state index >= 15 is 0 Å². The van der Waals surface area contributed by atoms with Crippen LogP contribution < -0.4 is 11.1 Å². The van der Waals surface area contributed by atoms with Gasteiger partial charge in [0.1, 0.15) is 23.4 Å². The van der Waals surface area contributed by atoms with Crippen LogP contribution in [0.5, 0.6) is 0 Å². The number of rotatable bonds is 11. The van der Waals surface area contributed by atoms with Gasteiger partial charge in [-0.15, -0.1) is 11.8 Å². The van der Waals surface area contributed by atoms with Gasteiger partial charge in [-0.1, -0.05) is 18.2 Å². The summed E-state index contributed by atoms with van der Waals surface area (Å²) in [6.45, 7) is 15.4. The van der Waals surface area contributed by atoms with Crippen LogP contribution in [0, 0.1) is 5.92 Å². The Balaban J connectivity index is 1.34. The number of ether oxygens (including phenoxy) is 4. The van der Waals surface area contributed by atoms with E-state index in [4.69, 9.17) is 24.7 Å². The van der Waals surface area contributed by atoms with Crippen molar-refractivity contribution in [2.24, 2.45) is 5.92 Å². The van der Waals surface area contributed by atoms with Crippen LogP contribution in [0.2, 0.25) is 0 Å². The van der Waals surface area contributed by atoms with Crippen molar-refractivity contribution in [2.75, 3.05) is 25.2 Å². The number of thioether (sulfide) groups is 1. The molecule has 2 aliphatic heterocycles. The average Bonchev–Trinajstić information content (AvgIpc) is 3.70. The number of allylic oxidation sites excluding steroid dienone is 1. The van der Waals surface area contributed by atoms with E-state index in [0.29, 0.717) is 11.6 Å². The molecule has 0 aromatic heterocycles. The van der Waals surface area contributed by atoms with Crippen LogP contribution in [-0.2, 0) is 18.9 Å². The molecule has 0 radical (unpaired) electrons. The van der Waals surface area contributed by atoms with Crippen molar-refractivity contribution in [3.63, 3.8) is 0 Å². The van der Waals surface area contributed by atoms with Gasteiger partial charge in [0.2, 0.25) is 0 Å². The predicted octanol–water partition coefficient (Wildman–Crippen LogP) is 5.03. The molecule has 7 heteroatoms. The second-order valence-corrected chi connectivity index (χ2v) is 11.1. The number of epoxide rings is 2. The maximum absolute atomic E-state index is 6.30. The first-order valence-corrected chi connectivity index (χ1v) is 12.9. The van der Waals surface area contributed by atoms with Gasteiger partial charge < -0.3 is 30.0 Å². The second-order valence-electron chi connectivity index (χ2n) is 10.0. The molecule has 3 N–H and O–H groups in total. The summed E-state index contributed by atoms with van der Waals surface area (Å²) in [5.74, 6) is 1.29. The molecular weight excluding hydrogens is 448 g/mol. The summed E-state index contributed by atoms with van der Waals surface area (Å²) >= 11 is 1.68. The lowest BCUT2D eigenvalue weighted by Crippen LogP contribution is -2.55. The Bertz CT molecular complexity index is 938. The maximum Gasteiger partial charge on any atom is 0.183 e. The lowest BCUT2D eigenvalue weighted by Gasteiger charge is -2.43. The zero-order chi connectivity index (χ0) is 24.5. The molecule has 2 saturated heterocycles. The molecule has 3 fully saturated rings. The van der Waals surface area contributed by atoms with E-state index in [2.05, 4.69) is 45.3 Å². The number of hydrogen-bond donors (Lipinski definition) is 2. The molecule has 0 bridgehead atoms. The minimum absolute atomic E-state index is 0.108. The highest BCUT2D eigenvalue weighted by Crippen LogP contribution is 2.59. The molecule has 2 heterocycles. The number of nitrogens with two attached hydrogens (primary N) is 1. The standard InChI is InChI=1S/C27H38N2O4S/c1-17(2)7-12-23-26(5,33-23)25-24(30-6)22(13-14-27(25)16-31-27)32-19(4)29-18(3)15-34-21-10-8-20(28)9-11-21/h7-11,22-25,29H,3-4,12-16,28H2,1-2,5-6H3/t22-,23-,24-,25?,26+,27+/m1/s1. The van der Waals surface area contributed by atoms with Gasteiger partial charge in [0.05, 0.1) is 18.6 Å². The third-order valence-corrected chi connectivity index (χ3v) is 8.24. The summed E-state index contributed by atoms with van der Waals surface area (Å²) < 4.78 is 24.7. The zero-order valence-electron chi connectivity index (χ0n) is 20.8. The lowest BCUT2D eigenvalue weighted by molar-refractivity contribution is -0.126. The Morgan fingerprint density at radius 2 is 2.00 bits per heavy atom. The molecule has 1 saturated carbocycles. The molecule has 1 aromatic rings. The molecule has 1 unspecified atom stereocenters. The first-order chi connectivity index (χ1) is 16.2. The number of methoxy groups -OCH3 is 1. The Hall–Kier alpha value is -1.93. The molecule has 6 nitrogen and oxygen atoms in total.